The molecule has 1 saturated heterocycles. The number of fused-ring (bicyclic) bond motifs is 1. The molecule has 0 saturated carbocycles. The molecule has 0 amide bonds. The fraction of sp³-hybridized carbons (Fsp3) is 0.462. The number of hydrogen-bond donors (Lipinski definition) is 1. The van der Waals surface area contributed by atoms with Crippen molar-refractivity contribution in [2.24, 2.45) is 5.92 Å². The summed E-state index contributed by atoms with van der Waals surface area (Å²) in [6, 6.07) is 2.85. The Hall–Kier alpha value is -0.670. The van der Waals surface area contributed by atoms with Crippen LogP contribution in [0.5, 0.6) is 0 Å². The van der Waals surface area contributed by atoms with Gasteiger partial charge in [-0.05, 0) is 64.9 Å². The lowest BCUT2D eigenvalue weighted by atomic mass is 9.84. The Bertz CT molecular complexity index is 428. The highest BCUT2D eigenvalue weighted by Gasteiger charge is 2.29. The van der Waals surface area contributed by atoms with E-state index in [0.29, 0.717) is 6.04 Å². The van der Waals surface area contributed by atoms with Crippen molar-refractivity contribution >= 4 is 21.5 Å². The van der Waals surface area contributed by atoms with Crippen LogP contribution in [-0.4, -0.2) is 17.6 Å². The van der Waals surface area contributed by atoms with Gasteiger partial charge in [0.25, 0.3) is 0 Å². The molecule has 0 radical (unpaired) electrons. The summed E-state index contributed by atoms with van der Waals surface area (Å²) in [5.41, 5.74) is 2.71. The van der Waals surface area contributed by atoms with Gasteiger partial charge in [0, 0.05) is 22.9 Å². The molecule has 1 aliphatic carbocycles. The second kappa shape index (κ2) is 4.30. The number of allylic oxidation sites excluding steroid dienone is 1. The zero-order chi connectivity index (χ0) is 11.0. The van der Waals surface area contributed by atoms with Gasteiger partial charge in [0.05, 0.1) is 0 Å². The van der Waals surface area contributed by atoms with Crippen molar-refractivity contribution in [3.8, 4) is 0 Å². The normalized spacial score (nSPS) is 28.7. The van der Waals surface area contributed by atoms with Crippen LogP contribution < -0.4 is 5.32 Å². The number of aromatic nitrogens is 1. The van der Waals surface area contributed by atoms with Crippen molar-refractivity contribution in [2.75, 3.05) is 6.54 Å². The number of pyridine rings is 1. The first-order valence-corrected chi connectivity index (χ1v) is 6.65. The van der Waals surface area contributed by atoms with E-state index in [0.717, 1.165) is 16.8 Å². The standard InChI is InChI=1S/C13H15BrN2/c14-12-5-11(7-15-8-12)10-2-1-9-3-4-16-13(9)6-10/h2,5,7-9,13,16H,1,3-4,6H2/t9-,13-/m0/s1. The van der Waals surface area contributed by atoms with Crippen molar-refractivity contribution in [3.05, 3.63) is 34.6 Å². The first kappa shape index (κ1) is 10.5. The summed E-state index contributed by atoms with van der Waals surface area (Å²) in [5, 5.41) is 3.60. The highest BCUT2D eigenvalue weighted by atomic mass is 79.9. The Morgan fingerprint density at radius 3 is 3.19 bits per heavy atom. The van der Waals surface area contributed by atoms with Crippen molar-refractivity contribution < 1.29 is 0 Å². The Morgan fingerprint density at radius 1 is 1.38 bits per heavy atom. The SMILES string of the molecule is Brc1cncc(C2=CC[C@H]3CCN[C@H]3C2)c1. The molecule has 2 heterocycles. The monoisotopic (exact) mass is 278 g/mol. The van der Waals surface area contributed by atoms with Gasteiger partial charge in [-0.1, -0.05) is 6.08 Å². The molecule has 2 atom stereocenters. The maximum atomic E-state index is 4.24. The molecule has 1 aromatic heterocycles. The minimum absolute atomic E-state index is 0.694. The van der Waals surface area contributed by atoms with E-state index in [1.807, 2.05) is 12.4 Å². The van der Waals surface area contributed by atoms with E-state index in [4.69, 9.17) is 0 Å². The predicted molar refractivity (Wildman–Crippen MR) is 69.0 cm³/mol. The van der Waals surface area contributed by atoms with E-state index in [2.05, 4.69) is 38.4 Å². The second-order valence-corrected chi connectivity index (χ2v) is 5.59. The molecule has 0 unspecified atom stereocenters. The van der Waals surface area contributed by atoms with Gasteiger partial charge in [-0.2, -0.15) is 0 Å². The highest BCUT2D eigenvalue weighted by Crippen LogP contribution is 2.34. The van der Waals surface area contributed by atoms with Crippen molar-refractivity contribution in [1.82, 2.24) is 10.3 Å². The summed E-state index contributed by atoms with van der Waals surface area (Å²) in [5.74, 6) is 0.865. The molecular weight excluding hydrogens is 264 g/mol. The van der Waals surface area contributed by atoms with Gasteiger partial charge in [0.15, 0.2) is 0 Å². The first-order valence-electron chi connectivity index (χ1n) is 5.86. The van der Waals surface area contributed by atoms with Crippen LogP contribution in [0.2, 0.25) is 0 Å². The third-order valence-corrected chi connectivity index (χ3v) is 4.11. The summed E-state index contributed by atoms with van der Waals surface area (Å²) in [6.07, 6.45) is 9.92. The van der Waals surface area contributed by atoms with E-state index in [-0.39, 0.29) is 0 Å². The van der Waals surface area contributed by atoms with Crippen LogP contribution >= 0.6 is 15.9 Å². The Balaban J connectivity index is 1.85. The van der Waals surface area contributed by atoms with Gasteiger partial charge in [-0.25, -0.2) is 0 Å². The molecule has 0 bridgehead atoms. The van der Waals surface area contributed by atoms with Crippen LogP contribution in [0.25, 0.3) is 5.57 Å². The molecule has 0 spiro atoms. The average molecular weight is 279 g/mol. The van der Waals surface area contributed by atoms with Gasteiger partial charge in [-0.3, -0.25) is 4.98 Å². The largest absolute Gasteiger partial charge is 0.313 e. The maximum Gasteiger partial charge on any atom is 0.0410 e. The zero-order valence-corrected chi connectivity index (χ0v) is 10.7. The number of halogens is 1. The molecule has 1 aromatic rings. The predicted octanol–water partition coefficient (Wildman–Crippen LogP) is 3.00. The molecule has 16 heavy (non-hydrogen) atoms. The smallest absolute Gasteiger partial charge is 0.0410 e. The van der Waals surface area contributed by atoms with E-state index in [9.17, 15) is 0 Å². The van der Waals surface area contributed by atoms with Gasteiger partial charge in [0.1, 0.15) is 0 Å². The van der Waals surface area contributed by atoms with Gasteiger partial charge in [-0.15, -0.1) is 0 Å². The van der Waals surface area contributed by atoms with E-state index >= 15 is 0 Å². The summed E-state index contributed by atoms with van der Waals surface area (Å²) in [7, 11) is 0. The molecule has 1 fully saturated rings. The van der Waals surface area contributed by atoms with Crippen LogP contribution in [0, 0.1) is 5.92 Å². The Morgan fingerprint density at radius 2 is 2.31 bits per heavy atom. The van der Waals surface area contributed by atoms with E-state index in [1.54, 1.807) is 0 Å². The zero-order valence-electron chi connectivity index (χ0n) is 9.12. The van der Waals surface area contributed by atoms with Crippen molar-refractivity contribution in [3.63, 3.8) is 0 Å². The number of nitrogens with zero attached hydrogens (tertiary/aromatic N) is 1. The Labute approximate surface area is 104 Å². The lowest BCUT2D eigenvalue weighted by Gasteiger charge is -2.25. The maximum absolute atomic E-state index is 4.24. The third-order valence-electron chi connectivity index (χ3n) is 3.67. The summed E-state index contributed by atoms with van der Waals surface area (Å²) in [6.45, 7) is 1.19. The number of hydrogen-bond acceptors (Lipinski definition) is 2. The van der Waals surface area contributed by atoms with Crippen LogP contribution in [0.3, 0.4) is 0 Å². The average Bonchev–Trinajstić information content (AvgIpc) is 2.75. The minimum Gasteiger partial charge on any atom is -0.313 e. The molecule has 2 aliphatic rings. The summed E-state index contributed by atoms with van der Waals surface area (Å²) in [4.78, 5) is 4.24. The number of nitrogens with one attached hydrogen (secondary N) is 1. The van der Waals surface area contributed by atoms with E-state index in [1.165, 1.54) is 30.5 Å². The number of rotatable bonds is 1. The lowest BCUT2D eigenvalue weighted by molar-refractivity contribution is 0.445. The van der Waals surface area contributed by atoms with Crippen LogP contribution in [-0.2, 0) is 0 Å². The van der Waals surface area contributed by atoms with Crippen molar-refractivity contribution in [2.45, 2.75) is 25.3 Å². The fourth-order valence-electron chi connectivity index (χ4n) is 2.78. The molecule has 2 nitrogen and oxygen atoms in total. The van der Waals surface area contributed by atoms with Crippen molar-refractivity contribution in [1.29, 1.82) is 0 Å². The fourth-order valence-corrected chi connectivity index (χ4v) is 3.14. The van der Waals surface area contributed by atoms with E-state index < -0.39 is 0 Å². The molecule has 84 valence electrons. The first-order chi connectivity index (χ1) is 7.83. The highest BCUT2D eigenvalue weighted by molar-refractivity contribution is 9.10. The Kier molecular flexibility index (Phi) is 2.82. The van der Waals surface area contributed by atoms with Gasteiger partial charge >= 0.3 is 0 Å². The third kappa shape index (κ3) is 1.94. The van der Waals surface area contributed by atoms with Crippen LogP contribution in [0.1, 0.15) is 24.8 Å². The second-order valence-electron chi connectivity index (χ2n) is 4.67. The molecule has 0 aromatic carbocycles. The van der Waals surface area contributed by atoms with Gasteiger partial charge < -0.3 is 5.32 Å². The summed E-state index contributed by atoms with van der Waals surface area (Å²) >= 11 is 3.48. The summed E-state index contributed by atoms with van der Waals surface area (Å²) < 4.78 is 1.06. The van der Waals surface area contributed by atoms with Gasteiger partial charge in [0.2, 0.25) is 0 Å². The minimum atomic E-state index is 0.694. The topological polar surface area (TPSA) is 24.9 Å². The molecule has 3 heteroatoms. The van der Waals surface area contributed by atoms with Crippen LogP contribution in [0.15, 0.2) is 29.0 Å². The lowest BCUT2D eigenvalue weighted by Crippen LogP contribution is -2.29. The molecule has 1 aliphatic heterocycles. The quantitative estimate of drug-likeness (QED) is 0.854. The molecule has 3 rings (SSSR count). The van der Waals surface area contributed by atoms with Crippen LogP contribution in [0.4, 0.5) is 0 Å². The molecular formula is C13H15BrN2. The molecule has 1 N–H and O–H groups in total.